The summed E-state index contributed by atoms with van der Waals surface area (Å²) >= 11 is 0. The van der Waals surface area contributed by atoms with Gasteiger partial charge in [-0.3, -0.25) is 14.3 Å². The third-order valence-electron chi connectivity index (χ3n) is 6.62. The average Bonchev–Trinajstić information content (AvgIpc) is 3.32. The Labute approximate surface area is 192 Å². The molecule has 4 rings (SSSR count). The summed E-state index contributed by atoms with van der Waals surface area (Å²) in [5.41, 5.74) is 8.90. The summed E-state index contributed by atoms with van der Waals surface area (Å²) in [6.07, 6.45) is 5.69. The number of carbonyl (C=O) groups excluding carboxylic acids is 2. The van der Waals surface area contributed by atoms with Crippen LogP contribution in [0.25, 0.3) is 11.1 Å². The van der Waals surface area contributed by atoms with Gasteiger partial charge in [0.15, 0.2) is 0 Å². The minimum Gasteiger partial charge on any atom is -0.364 e. The van der Waals surface area contributed by atoms with Crippen LogP contribution in [0.15, 0.2) is 28.9 Å². The Kier molecular flexibility index (Phi) is 6.31. The fourth-order valence-corrected chi connectivity index (χ4v) is 4.80. The van der Waals surface area contributed by atoms with Crippen molar-refractivity contribution < 1.29 is 14.1 Å². The van der Waals surface area contributed by atoms with Gasteiger partial charge in [-0.2, -0.15) is 5.10 Å². The second-order valence-electron chi connectivity index (χ2n) is 9.06. The van der Waals surface area contributed by atoms with Crippen molar-refractivity contribution in [3.8, 4) is 11.1 Å². The van der Waals surface area contributed by atoms with Gasteiger partial charge in [0.2, 0.25) is 5.91 Å². The van der Waals surface area contributed by atoms with Crippen LogP contribution >= 0.6 is 0 Å². The fraction of sp³-hybridized carbons (Fsp3) is 0.458. The smallest absolute Gasteiger partial charge is 0.266 e. The molecule has 3 aromatic rings. The standard InChI is InChI=1S/C24H30N6O3/c1-13-5-7-16(8-6-13)22(18-11-19(23(25)31)30(4)28-18)24(32)27-20-10-9-17(12-26-20)21-14(2)29-33-15(21)3/h9-13,16,22H,5-8H2,1-4H3,(H2,25,31)(H,26,27,32)/t13?,16?,22-/m0/s1. The van der Waals surface area contributed by atoms with Gasteiger partial charge in [0, 0.05) is 24.4 Å². The van der Waals surface area contributed by atoms with Gasteiger partial charge >= 0.3 is 0 Å². The zero-order valence-corrected chi connectivity index (χ0v) is 19.5. The van der Waals surface area contributed by atoms with Gasteiger partial charge in [-0.25, -0.2) is 4.98 Å². The van der Waals surface area contributed by atoms with E-state index in [0.29, 0.717) is 17.4 Å². The topological polar surface area (TPSA) is 129 Å². The van der Waals surface area contributed by atoms with Crippen molar-refractivity contribution in [2.75, 3.05) is 5.32 Å². The van der Waals surface area contributed by atoms with E-state index >= 15 is 0 Å². The maximum absolute atomic E-state index is 13.5. The first-order valence-electron chi connectivity index (χ1n) is 11.3. The van der Waals surface area contributed by atoms with Crippen LogP contribution in [0, 0.1) is 25.7 Å². The number of carbonyl (C=O) groups is 2. The molecule has 0 aliphatic heterocycles. The zero-order chi connectivity index (χ0) is 23.7. The van der Waals surface area contributed by atoms with E-state index in [9.17, 15) is 9.59 Å². The maximum atomic E-state index is 13.5. The number of pyridine rings is 1. The molecule has 0 saturated heterocycles. The molecule has 9 nitrogen and oxygen atoms in total. The first-order valence-corrected chi connectivity index (χ1v) is 11.3. The number of hydrogen-bond donors (Lipinski definition) is 2. The molecule has 0 aromatic carbocycles. The van der Waals surface area contributed by atoms with Crippen LogP contribution in [0.5, 0.6) is 0 Å². The molecule has 3 N–H and O–H groups in total. The number of primary amides is 1. The Hall–Kier alpha value is -3.49. The van der Waals surface area contributed by atoms with Crippen molar-refractivity contribution >= 4 is 17.6 Å². The number of rotatable bonds is 6. The predicted octanol–water partition coefficient (Wildman–Crippen LogP) is 3.73. The van der Waals surface area contributed by atoms with Crippen molar-refractivity contribution in [2.24, 2.45) is 24.6 Å². The lowest BCUT2D eigenvalue weighted by atomic mass is 9.75. The van der Waals surface area contributed by atoms with Gasteiger partial charge < -0.3 is 15.6 Å². The van der Waals surface area contributed by atoms with Crippen molar-refractivity contribution in [1.29, 1.82) is 0 Å². The molecular formula is C24H30N6O3. The van der Waals surface area contributed by atoms with Crippen molar-refractivity contribution in [2.45, 2.75) is 52.4 Å². The first kappa shape index (κ1) is 22.7. The molecule has 0 radical (unpaired) electrons. The van der Waals surface area contributed by atoms with E-state index in [-0.39, 0.29) is 17.5 Å². The molecule has 1 aliphatic carbocycles. The van der Waals surface area contributed by atoms with Gasteiger partial charge in [-0.15, -0.1) is 0 Å². The van der Waals surface area contributed by atoms with Crippen LogP contribution in [0.1, 0.15) is 66.2 Å². The highest BCUT2D eigenvalue weighted by Gasteiger charge is 2.35. The Balaban J connectivity index is 1.59. The van der Waals surface area contributed by atoms with Crippen LogP contribution < -0.4 is 11.1 Å². The van der Waals surface area contributed by atoms with Crippen molar-refractivity contribution in [3.05, 3.63) is 47.2 Å². The summed E-state index contributed by atoms with van der Waals surface area (Å²) in [5, 5.41) is 11.4. The van der Waals surface area contributed by atoms with Gasteiger partial charge in [0.1, 0.15) is 17.3 Å². The molecule has 0 bridgehead atoms. The van der Waals surface area contributed by atoms with E-state index in [1.54, 1.807) is 25.4 Å². The molecule has 3 heterocycles. The summed E-state index contributed by atoms with van der Waals surface area (Å²) in [6, 6.07) is 5.30. The quantitative estimate of drug-likeness (QED) is 0.589. The molecule has 0 unspecified atom stereocenters. The molecule has 1 aliphatic rings. The SMILES string of the molecule is Cc1noc(C)c1-c1ccc(NC(=O)[C@H](c2cc(C(N)=O)n(C)n2)C2CCC(C)CC2)nc1. The van der Waals surface area contributed by atoms with Crippen molar-refractivity contribution in [3.63, 3.8) is 0 Å². The monoisotopic (exact) mass is 450 g/mol. The Bertz CT molecular complexity index is 1140. The number of aromatic nitrogens is 4. The zero-order valence-electron chi connectivity index (χ0n) is 19.5. The molecule has 3 aromatic heterocycles. The van der Waals surface area contributed by atoms with E-state index in [0.717, 1.165) is 48.3 Å². The Morgan fingerprint density at radius 1 is 1.21 bits per heavy atom. The van der Waals surface area contributed by atoms with E-state index < -0.39 is 11.8 Å². The fourth-order valence-electron chi connectivity index (χ4n) is 4.80. The average molecular weight is 451 g/mol. The normalized spacial score (nSPS) is 19.3. The number of nitrogens with two attached hydrogens (primary N) is 1. The predicted molar refractivity (Wildman–Crippen MR) is 123 cm³/mol. The summed E-state index contributed by atoms with van der Waals surface area (Å²) in [6.45, 7) is 5.97. The summed E-state index contributed by atoms with van der Waals surface area (Å²) in [5.74, 6) is 0.729. The van der Waals surface area contributed by atoms with E-state index in [2.05, 4.69) is 27.5 Å². The molecule has 1 saturated carbocycles. The highest BCUT2D eigenvalue weighted by molar-refractivity contribution is 5.96. The largest absolute Gasteiger partial charge is 0.364 e. The van der Waals surface area contributed by atoms with Gasteiger partial charge in [0.25, 0.3) is 5.91 Å². The van der Waals surface area contributed by atoms with Crippen molar-refractivity contribution in [1.82, 2.24) is 19.9 Å². The number of amides is 2. The van der Waals surface area contributed by atoms with Gasteiger partial charge in [0.05, 0.1) is 17.3 Å². The molecule has 1 fully saturated rings. The third-order valence-corrected chi connectivity index (χ3v) is 6.62. The minimum absolute atomic E-state index is 0.137. The van der Waals surface area contributed by atoms with Crippen LogP contribution in [0.3, 0.4) is 0 Å². The number of nitrogens with zero attached hydrogens (tertiary/aromatic N) is 4. The third kappa shape index (κ3) is 4.67. The van der Waals surface area contributed by atoms with Gasteiger partial charge in [-0.05, 0) is 56.7 Å². The van der Waals surface area contributed by atoms with Crippen LogP contribution in [0.4, 0.5) is 5.82 Å². The molecule has 2 amide bonds. The number of hydrogen-bond acceptors (Lipinski definition) is 6. The molecule has 1 atom stereocenters. The van der Waals surface area contributed by atoms with E-state index in [4.69, 9.17) is 10.3 Å². The molecular weight excluding hydrogens is 420 g/mol. The van der Waals surface area contributed by atoms with Crippen LogP contribution in [-0.2, 0) is 11.8 Å². The molecule has 0 spiro atoms. The molecule has 9 heteroatoms. The Morgan fingerprint density at radius 2 is 1.94 bits per heavy atom. The number of anilines is 1. The van der Waals surface area contributed by atoms with Crippen LogP contribution in [-0.4, -0.2) is 31.7 Å². The maximum Gasteiger partial charge on any atom is 0.266 e. The summed E-state index contributed by atoms with van der Waals surface area (Å²) < 4.78 is 6.68. The Morgan fingerprint density at radius 3 is 2.48 bits per heavy atom. The summed E-state index contributed by atoms with van der Waals surface area (Å²) in [7, 11) is 1.66. The van der Waals surface area contributed by atoms with E-state index in [1.807, 2.05) is 19.9 Å². The molecule has 33 heavy (non-hydrogen) atoms. The van der Waals surface area contributed by atoms with Gasteiger partial charge in [-0.1, -0.05) is 24.9 Å². The first-order chi connectivity index (χ1) is 15.7. The molecule has 174 valence electrons. The second kappa shape index (κ2) is 9.17. The minimum atomic E-state index is -0.566. The number of aryl methyl sites for hydroxylation is 3. The lowest BCUT2D eigenvalue weighted by molar-refractivity contribution is -0.119. The van der Waals surface area contributed by atoms with E-state index in [1.165, 1.54) is 4.68 Å². The lowest BCUT2D eigenvalue weighted by Crippen LogP contribution is -2.30. The second-order valence-corrected chi connectivity index (χ2v) is 9.06. The highest BCUT2D eigenvalue weighted by atomic mass is 16.5. The highest BCUT2D eigenvalue weighted by Crippen LogP contribution is 2.38. The van der Waals surface area contributed by atoms with Crippen LogP contribution in [0.2, 0.25) is 0 Å². The number of nitrogens with one attached hydrogen (secondary N) is 1. The summed E-state index contributed by atoms with van der Waals surface area (Å²) in [4.78, 5) is 29.7. The lowest BCUT2D eigenvalue weighted by Gasteiger charge is -2.31.